The van der Waals surface area contributed by atoms with Gasteiger partial charge in [0.2, 0.25) is 0 Å². The van der Waals surface area contributed by atoms with Crippen LogP contribution in [-0.4, -0.2) is 11.1 Å². The smallest absolute Gasteiger partial charge is 0.303 e. The Labute approximate surface area is 179 Å². The molecule has 2 nitrogen and oxygen atoms in total. The van der Waals surface area contributed by atoms with Crippen LogP contribution in [0, 0.1) is 35.5 Å². The molecule has 0 spiro atoms. The SMILES string of the molecule is O=C(O)CCCC#Cc1cccc(C#CC2=C(C#Cc3ccccc3)CCCC2)c1. The van der Waals surface area contributed by atoms with Gasteiger partial charge in [-0.3, -0.25) is 4.79 Å². The number of unbranched alkanes of at least 4 members (excludes halogenated alkanes) is 1. The Morgan fingerprint density at radius 1 is 0.767 bits per heavy atom. The van der Waals surface area contributed by atoms with Crippen LogP contribution in [0.4, 0.5) is 0 Å². The van der Waals surface area contributed by atoms with Crippen LogP contribution in [0.15, 0.2) is 65.7 Å². The molecule has 0 amide bonds. The molecule has 0 fully saturated rings. The monoisotopic (exact) mass is 392 g/mol. The van der Waals surface area contributed by atoms with Crippen LogP contribution in [-0.2, 0) is 4.79 Å². The van der Waals surface area contributed by atoms with Gasteiger partial charge in [-0.15, -0.1) is 0 Å². The summed E-state index contributed by atoms with van der Waals surface area (Å²) in [7, 11) is 0. The van der Waals surface area contributed by atoms with Crippen molar-refractivity contribution in [3.63, 3.8) is 0 Å². The summed E-state index contributed by atoms with van der Waals surface area (Å²) in [6, 6.07) is 17.9. The second-order valence-electron chi connectivity index (χ2n) is 7.16. The Hall–Kier alpha value is -3.67. The molecule has 3 rings (SSSR count). The molecule has 30 heavy (non-hydrogen) atoms. The molecule has 2 aromatic carbocycles. The van der Waals surface area contributed by atoms with Crippen molar-refractivity contribution >= 4 is 5.97 Å². The van der Waals surface area contributed by atoms with Crippen molar-refractivity contribution in [3.8, 4) is 35.5 Å². The van der Waals surface area contributed by atoms with Crippen molar-refractivity contribution in [1.82, 2.24) is 0 Å². The predicted octanol–water partition coefficient (Wildman–Crippen LogP) is 5.57. The second-order valence-corrected chi connectivity index (χ2v) is 7.16. The molecule has 0 aromatic heterocycles. The molecule has 0 atom stereocenters. The van der Waals surface area contributed by atoms with E-state index in [4.69, 9.17) is 5.11 Å². The molecule has 0 unspecified atom stereocenters. The zero-order chi connectivity index (χ0) is 21.0. The lowest BCUT2D eigenvalue weighted by atomic mass is 9.92. The predicted molar refractivity (Wildman–Crippen MR) is 120 cm³/mol. The minimum absolute atomic E-state index is 0.158. The van der Waals surface area contributed by atoms with Gasteiger partial charge in [0.05, 0.1) is 0 Å². The van der Waals surface area contributed by atoms with Crippen molar-refractivity contribution in [3.05, 3.63) is 82.4 Å². The minimum Gasteiger partial charge on any atom is -0.481 e. The summed E-state index contributed by atoms with van der Waals surface area (Å²) in [5.41, 5.74) is 5.17. The fraction of sp³-hybridized carbons (Fsp3) is 0.250. The van der Waals surface area contributed by atoms with Crippen LogP contribution in [0.5, 0.6) is 0 Å². The Kier molecular flexibility index (Phi) is 7.97. The van der Waals surface area contributed by atoms with Crippen LogP contribution >= 0.6 is 0 Å². The number of carboxylic acid groups (broad SMARTS) is 1. The maximum atomic E-state index is 10.5. The summed E-state index contributed by atoms with van der Waals surface area (Å²) in [5, 5.41) is 8.67. The van der Waals surface area contributed by atoms with Gasteiger partial charge >= 0.3 is 5.97 Å². The molecule has 0 heterocycles. The highest BCUT2D eigenvalue weighted by Crippen LogP contribution is 2.24. The number of hydrogen-bond donors (Lipinski definition) is 1. The molecule has 1 aliphatic rings. The number of rotatable bonds is 3. The zero-order valence-corrected chi connectivity index (χ0v) is 17.0. The van der Waals surface area contributed by atoms with Gasteiger partial charge in [-0.05, 0) is 62.4 Å². The highest BCUT2D eigenvalue weighted by Gasteiger charge is 2.09. The number of aliphatic carboxylic acids is 1. The summed E-state index contributed by atoms with van der Waals surface area (Å²) in [6.07, 6.45) is 5.60. The molecule has 2 heteroatoms. The molecule has 0 radical (unpaired) electrons. The average Bonchev–Trinajstić information content (AvgIpc) is 2.77. The Balaban J connectivity index is 1.73. The zero-order valence-electron chi connectivity index (χ0n) is 17.0. The van der Waals surface area contributed by atoms with Crippen LogP contribution in [0.2, 0.25) is 0 Å². The minimum atomic E-state index is -0.779. The van der Waals surface area contributed by atoms with E-state index in [2.05, 4.69) is 35.5 Å². The number of carbonyl (C=O) groups is 1. The first-order valence-electron chi connectivity index (χ1n) is 10.3. The van der Waals surface area contributed by atoms with E-state index in [9.17, 15) is 4.79 Å². The van der Waals surface area contributed by atoms with Crippen molar-refractivity contribution in [2.24, 2.45) is 0 Å². The molecule has 0 saturated carbocycles. The van der Waals surface area contributed by atoms with E-state index in [1.807, 2.05) is 54.6 Å². The third kappa shape index (κ3) is 7.05. The third-order valence-electron chi connectivity index (χ3n) is 4.74. The van der Waals surface area contributed by atoms with Crippen LogP contribution in [0.25, 0.3) is 0 Å². The average molecular weight is 392 g/mol. The van der Waals surface area contributed by atoms with E-state index >= 15 is 0 Å². The molecule has 2 aromatic rings. The number of carboxylic acids is 1. The maximum Gasteiger partial charge on any atom is 0.303 e. The lowest BCUT2D eigenvalue weighted by molar-refractivity contribution is -0.137. The number of benzene rings is 2. The lowest BCUT2D eigenvalue weighted by Gasteiger charge is -2.11. The third-order valence-corrected chi connectivity index (χ3v) is 4.74. The topological polar surface area (TPSA) is 37.3 Å². The van der Waals surface area contributed by atoms with Crippen molar-refractivity contribution in [1.29, 1.82) is 0 Å². The molecule has 1 N–H and O–H groups in total. The van der Waals surface area contributed by atoms with E-state index in [1.54, 1.807) is 0 Å². The fourth-order valence-corrected chi connectivity index (χ4v) is 3.17. The first-order valence-corrected chi connectivity index (χ1v) is 10.3. The van der Waals surface area contributed by atoms with Gasteiger partial charge in [-0.1, -0.05) is 59.8 Å². The summed E-state index contributed by atoms with van der Waals surface area (Å²) < 4.78 is 0. The molecular weight excluding hydrogens is 368 g/mol. The van der Waals surface area contributed by atoms with E-state index in [0.29, 0.717) is 12.8 Å². The molecule has 0 aliphatic heterocycles. The molecule has 0 bridgehead atoms. The summed E-state index contributed by atoms with van der Waals surface area (Å²) in [5.74, 6) is 18.6. The first kappa shape index (κ1) is 21.0. The number of allylic oxidation sites excluding steroid dienone is 2. The van der Waals surface area contributed by atoms with Crippen molar-refractivity contribution in [2.45, 2.75) is 44.9 Å². The van der Waals surface area contributed by atoms with Crippen LogP contribution in [0.3, 0.4) is 0 Å². The van der Waals surface area contributed by atoms with Crippen molar-refractivity contribution in [2.75, 3.05) is 0 Å². The van der Waals surface area contributed by atoms with Gasteiger partial charge in [0.1, 0.15) is 0 Å². The van der Waals surface area contributed by atoms with Crippen molar-refractivity contribution < 1.29 is 9.90 Å². The van der Waals surface area contributed by atoms with Gasteiger partial charge in [-0.25, -0.2) is 0 Å². The second kappa shape index (κ2) is 11.4. The van der Waals surface area contributed by atoms with Gasteiger partial charge in [0, 0.05) is 40.7 Å². The first-order chi connectivity index (χ1) is 14.7. The molecule has 148 valence electrons. The van der Waals surface area contributed by atoms with Gasteiger partial charge in [0.15, 0.2) is 0 Å². The largest absolute Gasteiger partial charge is 0.481 e. The van der Waals surface area contributed by atoms with Crippen LogP contribution < -0.4 is 0 Å². The highest BCUT2D eigenvalue weighted by molar-refractivity contribution is 5.66. The Morgan fingerprint density at radius 3 is 2.03 bits per heavy atom. The van der Waals surface area contributed by atoms with Gasteiger partial charge in [-0.2, -0.15) is 0 Å². The van der Waals surface area contributed by atoms with E-state index in [0.717, 1.165) is 53.5 Å². The van der Waals surface area contributed by atoms with Gasteiger partial charge < -0.3 is 5.11 Å². The van der Waals surface area contributed by atoms with Gasteiger partial charge in [0.25, 0.3) is 0 Å². The Morgan fingerprint density at radius 2 is 1.37 bits per heavy atom. The molecule has 0 saturated heterocycles. The standard InChI is InChI=1S/C28H24O2/c29-28(30)17-6-2-5-12-24-13-9-14-25(22-24)19-21-27-16-8-7-15-26(27)20-18-23-10-3-1-4-11-23/h1,3-4,9-11,13-14,22H,2,6-8,15-17H2,(H,29,30). The fourth-order valence-electron chi connectivity index (χ4n) is 3.17. The quantitative estimate of drug-likeness (QED) is 0.548. The van der Waals surface area contributed by atoms with E-state index in [-0.39, 0.29) is 6.42 Å². The normalized spacial score (nSPS) is 12.5. The number of hydrogen-bond acceptors (Lipinski definition) is 1. The maximum absolute atomic E-state index is 10.5. The summed E-state index contributed by atoms with van der Waals surface area (Å²) in [4.78, 5) is 10.5. The Bertz CT molecular complexity index is 1100. The van der Waals surface area contributed by atoms with Crippen LogP contribution in [0.1, 0.15) is 61.6 Å². The lowest BCUT2D eigenvalue weighted by Crippen LogP contribution is -1.97. The highest BCUT2D eigenvalue weighted by atomic mass is 16.4. The summed E-state index contributed by atoms with van der Waals surface area (Å²) >= 11 is 0. The summed E-state index contributed by atoms with van der Waals surface area (Å²) in [6.45, 7) is 0. The molecular formula is C28H24O2. The van der Waals surface area contributed by atoms with E-state index < -0.39 is 5.97 Å². The van der Waals surface area contributed by atoms with E-state index in [1.165, 1.54) is 0 Å². The molecule has 1 aliphatic carbocycles.